The quantitative estimate of drug-likeness (QED) is 0.213. The lowest BCUT2D eigenvalue weighted by Gasteiger charge is -2.34. The van der Waals surface area contributed by atoms with Gasteiger partial charge in [0, 0.05) is 62.6 Å². The molecule has 0 amide bonds. The van der Waals surface area contributed by atoms with E-state index in [2.05, 4.69) is 39.0 Å². The Labute approximate surface area is 256 Å². The van der Waals surface area contributed by atoms with Gasteiger partial charge in [-0.1, -0.05) is 24.3 Å². The molecule has 0 radical (unpaired) electrons. The monoisotopic (exact) mass is 600 g/mol. The van der Waals surface area contributed by atoms with Gasteiger partial charge in [-0.05, 0) is 60.6 Å². The van der Waals surface area contributed by atoms with Crippen molar-refractivity contribution in [3.8, 4) is 22.9 Å². The summed E-state index contributed by atoms with van der Waals surface area (Å²) in [5, 5.41) is 23.4. The second-order valence-corrected chi connectivity index (χ2v) is 12.4. The molecule has 6 heterocycles. The summed E-state index contributed by atoms with van der Waals surface area (Å²) >= 11 is 0. The molecule has 2 aromatic heterocycles. The van der Waals surface area contributed by atoms with Gasteiger partial charge in [-0.3, -0.25) is 9.69 Å². The van der Waals surface area contributed by atoms with Crippen molar-refractivity contribution in [2.24, 2.45) is 7.05 Å². The number of piperazine rings is 1. The fourth-order valence-corrected chi connectivity index (χ4v) is 7.71. The number of benzene rings is 2. The minimum absolute atomic E-state index is 0.247. The molecule has 232 valence electrons. The molecule has 11 heteroatoms. The first kappa shape index (κ1) is 28.8. The lowest BCUT2D eigenvalue weighted by Crippen LogP contribution is -2.51. The Bertz CT molecular complexity index is 1630. The van der Waals surface area contributed by atoms with Gasteiger partial charge >= 0.3 is 6.01 Å². The van der Waals surface area contributed by atoms with E-state index in [0.29, 0.717) is 36.8 Å². The zero-order valence-electron chi connectivity index (χ0n) is 25.1. The normalized spacial score (nSPS) is 24.4. The van der Waals surface area contributed by atoms with Crippen LogP contribution in [0.15, 0.2) is 42.6 Å². The number of morpholine rings is 1. The van der Waals surface area contributed by atoms with Crippen molar-refractivity contribution in [1.29, 1.82) is 0 Å². The van der Waals surface area contributed by atoms with Crippen LogP contribution in [0.1, 0.15) is 32.1 Å². The molecule has 0 saturated carbocycles. The van der Waals surface area contributed by atoms with Crippen LogP contribution in [0, 0.1) is 0 Å². The highest BCUT2D eigenvalue weighted by Crippen LogP contribution is 2.40. The second kappa shape index (κ2) is 12.2. The average molecular weight is 601 g/mol. The molecule has 3 N–H and O–H groups in total. The molecule has 4 aromatic rings. The topological polar surface area (TPSA) is 125 Å². The van der Waals surface area contributed by atoms with Crippen LogP contribution in [-0.4, -0.2) is 99.7 Å². The van der Waals surface area contributed by atoms with Gasteiger partial charge in [-0.15, -0.1) is 0 Å². The van der Waals surface area contributed by atoms with Gasteiger partial charge in [-0.2, -0.15) is 9.97 Å². The standard InChI is InChI=1S/C32H38N6O3.CH2O2/c1-36-17-28(27-14-25(39)13-20-5-2-3-6-26(20)27)29-30(36)31(37-15-21-7-8-22(16-37)33-21)35-32(34-29)41-12-4-11-38-23-9-10-24(38)19-40-18-23;2-1-3/h2-3,5-6,13-14,17,21-24,33,39H,4,7-12,15-16,18-19H2,1H3;1H,(H,2,3)/t21-,22+,23?,24?;. The van der Waals surface area contributed by atoms with Crippen molar-refractivity contribution in [2.45, 2.75) is 56.3 Å². The molecule has 4 bridgehead atoms. The highest BCUT2D eigenvalue weighted by atomic mass is 16.5. The van der Waals surface area contributed by atoms with Crippen LogP contribution in [0.4, 0.5) is 5.82 Å². The number of carbonyl (C=O) groups is 1. The third kappa shape index (κ3) is 5.44. The maximum atomic E-state index is 10.6. The van der Waals surface area contributed by atoms with Gasteiger partial charge in [0.05, 0.1) is 19.8 Å². The number of phenolic OH excluding ortho intramolecular Hbond substituents is 1. The van der Waals surface area contributed by atoms with Crippen molar-refractivity contribution in [2.75, 3.05) is 44.4 Å². The molecular formula is C33H40N6O5. The number of fused-ring (bicyclic) bond motifs is 6. The van der Waals surface area contributed by atoms with E-state index in [-0.39, 0.29) is 12.2 Å². The fraction of sp³-hybridized carbons (Fsp3) is 0.485. The Morgan fingerprint density at radius 3 is 2.52 bits per heavy atom. The summed E-state index contributed by atoms with van der Waals surface area (Å²) in [7, 11) is 2.07. The molecule has 8 rings (SSSR count). The molecule has 11 nitrogen and oxygen atoms in total. The summed E-state index contributed by atoms with van der Waals surface area (Å²) in [6, 6.07) is 14.4. The van der Waals surface area contributed by atoms with Crippen molar-refractivity contribution >= 4 is 34.1 Å². The summed E-state index contributed by atoms with van der Waals surface area (Å²) < 4.78 is 14.2. The minimum atomic E-state index is -0.250. The predicted octanol–water partition coefficient (Wildman–Crippen LogP) is 3.77. The Hall–Kier alpha value is -3.93. The van der Waals surface area contributed by atoms with Crippen LogP contribution >= 0.6 is 0 Å². The maximum absolute atomic E-state index is 10.6. The number of hydrogen-bond donors (Lipinski definition) is 3. The van der Waals surface area contributed by atoms with Gasteiger partial charge in [0.2, 0.25) is 0 Å². The van der Waals surface area contributed by atoms with E-state index in [9.17, 15) is 5.11 Å². The zero-order chi connectivity index (χ0) is 30.2. The third-order valence-electron chi connectivity index (χ3n) is 9.61. The first-order chi connectivity index (χ1) is 21.5. The summed E-state index contributed by atoms with van der Waals surface area (Å²) in [4.78, 5) is 23.5. The van der Waals surface area contributed by atoms with Crippen LogP contribution in [0.5, 0.6) is 11.8 Å². The maximum Gasteiger partial charge on any atom is 0.319 e. The van der Waals surface area contributed by atoms with E-state index >= 15 is 0 Å². The minimum Gasteiger partial charge on any atom is -0.508 e. The van der Waals surface area contributed by atoms with Crippen LogP contribution in [0.3, 0.4) is 0 Å². The van der Waals surface area contributed by atoms with E-state index in [1.807, 2.05) is 30.3 Å². The van der Waals surface area contributed by atoms with Gasteiger partial charge in [-0.25, -0.2) is 0 Å². The second-order valence-electron chi connectivity index (χ2n) is 12.4. The number of nitrogens with one attached hydrogen (secondary N) is 1. The Morgan fingerprint density at radius 2 is 1.77 bits per heavy atom. The largest absolute Gasteiger partial charge is 0.508 e. The molecule has 0 aliphatic carbocycles. The van der Waals surface area contributed by atoms with E-state index < -0.39 is 0 Å². The van der Waals surface area contributed by atoms with Crippen molar-refractivity contribution < 1.29 is 24.5 Å². The Balaban J connectivity index is 0.00000100. The fourth-order valence-electron chi connectivity index (χ4n) is 7.71. The number of hydrogen-bond acceptors (Lipinski definition) is 9. The van der Waals surface area contributed by atoms with E-state index in [1.54, 1.807) is 0 Å². The highest BCUT2D eigenvalue weighted by Gasteiger charge is 2.37. The molecule has 4 fully saturated rings. The lowest BCUT2D eigenvalue weighted by molar-refractivity contribution is -0.122. The summed E-state index contributed by atoms with van der Waals surface area (Å²) in [6.07, 6.45) is 7.94. The predicted molar refractivity (Wildman–Crippen MR) is 168 cm³/mol. The Morgan fingerprint density at radius 1 is 1.05 bits per heavy atom. The van der Waals surface area contributed by atoms with Crippen molar-refractivity contribution in [3.05, 3.63) is 42.6 Å². The molecule has 4 saturated heterocycles. The average Bonchev–Trinajstić information content (AvgIpc) is 3.61. The van der Waals surface area contributed by atoms with Gasteiger partial charge in [0.25, 0.3) is 6.47 Å². The first-order valence-corrected chi connectivity index (χ1v) is 15.7. The molecule has 2 aromatic carbocycles. The number of rotatable bonds is 7. The number of aryl methyl sites for hydroxylation is 1. The van der Waals surface area contributed by atoms with Crippen LogP contribution in [0.2, 0.25) is 0 Å². The molecule has 4 aliphatic heterocycles. The molecule has 2 unspecified atom stereocenters. The number of aromatic hydroxyl groups is 1. The van der Waals surface area contributed by atoms with Crippen LogP contribution < -0.4 is 15.0 Å². The molecule has 44 heavy (non-hydrogen) atoms. The van der Waals surface area contributed by atoms with Crippen molar-refractivity contribution in [3.63, 3.8) is 0 Å². The van der Waals surface area contributed by atoms with E-state index in [0.717, 1.165) is 78.0 Å². The highest BCUT2D eigenvalue weighted by molar-refractivity contribution is 6.06. The zero-order valence-corrected chi connectivity index (χ0v) is 25.1. The van der Waals surface area contributed by atoms with Crippen molar-refractivity contribution in [1.82, 2.24) is 24.8 Å². The van der Waals surface area contributed by atoms with Crippen LogP contribution in [-0.2, 0) is 16.6 Å². The van der Waals surface area contributed by atoms with Crippen LogP contribution in [0.25, 0.3) is 32.9 Å². The van der Waals surface area contributed by atoms with E-state index in [1.165, 1.54) is 25.7 Å². The number of ether oxygens (including phenoxy) is 2. The lowest BCUT2D eigenvalue weighted by atomic mass is 9.99. The SMILES string of the molecule is Cn1cc(-c2cc(O)cc3ccccc23)c2nc(OCCCN3C4CCC3COC4)nc(N3C[C@H]4CC[C@@H](C3)N4)c21.O=CO. The number of carboxylic acid groups (broad SMARTS) is 1. The smallest absolute Gasteiger partial charge is 0.319 e. The van der Waals surface area contributed by atoms with Gasteiger partial charge in [0.15, 0.2) is 5.82 Å². The van der Waals surface area contributed by atoms with Gasteiger partial charge in [0.1, 0.15) is 16.8 Å². The summed E-state index contributed by atoms with van der Waals surface area (Å²) in [6.45, 7) is 4.91. The molecular weight excluding hydrogens is 560 g/mol. The first-order valence-electron chi connectivity index (χ1n) is 15.7. The van der Waals surface area contributed by atoms with E-state index in [4.69, 9.17) is 29.3 Å². The summed E-state index contributed by atoms with van der Waals surface area (Å²) in [5.74, 6) is 1.19. The molecule has 4 aliphatic rings. The number of anilines is 1. The molecule has 0 spiro atoms. The summed E-state index contributed by atoms with van der Waals surface area (Å²) in [5.41, 5.74) is 3.81. The number of phenols is 1. The number of nitrogens with zero attached hydrogens (tertiary/aromatic N) is 5. The molecule has 4 atom stereocenters. The Kier molecular flexibility index (Phi) is 8.00. The van der Waals surface area contributed by atoms with Gasteiger partial charge < -0.3 is 34.5 Å². The number of aromatic nitrogens is 3. The third-order valence-corrected chi connectivity index (χ3v) is 9.61.